The average Bonchev–Trinajstić information content (AvgIpc) is 3.31. The molecule has 2 aliphatic rings. The summed E-state index contributed by atoms with van der Waals surface area (Å²) >= 11 is 0. The van der Waals surface area contributed by atoms with Gasteiger partial charge in [-0.2, -0.15) is 9.98 Å². The molecule has 2 fully saturated rings. The van der Waals surface area contributed by atoms with Crippen molar-refractivity contribution in [1.82, 2.24) is 9.80 Å². The van der Waals surface area contributed by atoms with Crippen LogP contribution in [0.25, 0.3) is 0 Å². The number of aliphatic imine (C=N–C) groups is 2. The first-order valence-electron chi connectivity index (χ1n) is 6.65. The van der Waals surface area contributed by atoms with Crippen molar-refractivity contribution in [3.63, 3.8) is 0 Å². The van der Waals surface area contributed by atoms with Gasteiger partial charge >= 0.3 is 0 Å². The number of hydrogen-bond donors (Lipinski definition) is 0. The van der Waals surface area contributed by atoms with Gasteiger partial charge in [0.2, 0.25) is 12.2 Å². The Bertz CT molecular complexity index is 481. The summed E-state index contributed by atoms with van der Waals surface area (Å²) in [6.45, 7) is 1.12. The van der Waals surface area contributed by atoms with Gasteiger partial charge in [-0.05, 0) is 39.8 Å². The first-order chi connectivity index (χ1) is 9.58. The van der Waals surface area contributed by atoms with E-state index in [1.165, 1.54) is 0 Å². The first-order valence-corrected chi connectivity index (χ1v) is 6.65. The average molecular weight is 274 g/mol. The van der Waals surface area contributed by atoms with Crippen LogP contribution in [-0.2, 0) is 9.59 Å². The molecule has 0 aliphatic heterocycles. The Balaban J connectivity index is 1.81. The van der Waals surface area contributed by atoms with Crippen molar-refractivity contribution >= 4 is 12.2 Å². The van der Waals surface area contributed by atoms with E-state index in [9.17, 15) is 9.59 Å². The monoisotopic (exact) mass is 274 g/mol. The number of nitrogens with zero attached hydrogens (tertiary/aromatic N) is 4. The zero-order chi connectivity index (χ0) is 14.6. The van der Waals surface area contributed by atoms with E-state index in [-0.39, 0.29) is 11.3 Å². The number of hydrogen-bond acceptors (Lipinski definition) is 6. The van der Waals surface area contributed by atoms with Crippen LogP contribution in [0.15, 0.2) is 9.98 Å². The fraction of sp³-hybridized carbons (Fsp3) is 0.714. The van der Waals surface area contributed by atoms with Crippen LogP contribution in [0.2, 0.25) is 0 Å². The van der Waals surface area contributed by atoms with Crippen LogP contribution in [0.4, 0.5) is 0 Å². The fourth-order valence-corrected chi connectivity index (χ4v) is 2.19. The van der Waals surface area contributed by atoms with Gasteiger partial charge in [-0.3, -0.25) is 9.80 Å². The Morgan fingerprint density at radius 2 is 1.20 bits per heavy atom. The molecule has 0 N–H and O–H groups in total. The Morgan fingerprint density at radius 3 is 1.45 bits per heavy atom. The van der Waals surface area contributed by atoms with Crippen LogP contribution in [0, 0.1) is 11.8 Å². The molecule has 0 aromatic heterocycles. The largest absolute Gasteiger partial charge is 0.270 e. The van der Waals surface area contributed by atoms with Gasteiger partial charge < -0.3 is 0 Å². The summed E-state index contributed by atoms with van der Waals surface area (Å²) in [4.78, 5) is 32.3. The summed E-state index contributed by atoms with van der Waals surface area (Å²) in [5.41, 5.74) is -0.719. The Kier molecular flexibility index (Phi) is 4.17. The molecule has 6 heteroatoms. The zero-order valence-corrected chi connectivity index (χ0v) is 11.8. The van der Waals surface area contributed by atoms with Crippen LogP contribution < -0.4 is 0 Å². The Hall–Kier alpha value is -1.76. The van der Waals surface area contributed by atoms with Crippen molar-refractivity contribution < 1.29 is 9.59 Å². The summed E-state index contributed by atoms with van der Waals surface area (Å²) in [7, 11) is 3.82. The van der Waals surface area contributed by atoms with E-state index in [2.05, 4.69) is 21.8 Å². The van der Waals surface area contributed by atoms with Gasteiger partial charge in [0.15, 0.2) is 0 Å². The van der Waals surface area contributed by atoms with Gasteiger partial charge in [0, 0.05) is 0 Å². The van der Waals surface area contributed by atoms with Crippen molar-refractivity contribution in [2.75, 3.05) is 27.2 Å². The predicted octanol–water partition coefficient (Wildman–Crippen LogP) is 0.505. The molecule has 0 heterocycles. The highest BCUT2D eigenvalue weighted by atomic mass is 16.1. The molecule has 0 unspecified atom stereocenters. The molecule has 6 nitrogen and oxygen atoms in total. The molecule has 0 saturated heterocycles. The predicted molar refractivity (Wildman–Crippen MR) is 73.2 cm³/mol. The molecule has 0 radical (unpaired) electrons. The van der Waals surface area contributed by atoms with E-state index in [0.29, 0.717) is 13.1 Å². The topological polar surface area (TPSA) is 65.3 Å². The maximum atomic E-state index is 10.4. The van der Waals surface area contributed by atoms with Gasteiger partial charge in [-0.1, -0.05) is 11.8 Å². The first kappa shape index (κ1) is 14.6. The zero-order valence-electron chi connectivity index (χ0n) is 11.8. The lowest BCUT2D eigenvalue weighted by Crippen LogP contribution is -2.33. The van der Waals surface area contributed by atoms with Crippen molar-refractivity contribution in [2.24, 2.45) is 9.98 Å². The number of isocyanates is 2. The van der Waals surface area contributed by atoms with Gasteiger partial charge in [0.25, 0.3) is 0 Å². The van der Waals surface area contributed by atoms with Crippen LogP contribution >= 0.6 is 0 Å². The SMILES string of the molecule is CN(CC#CCN(C)C1(N=C=O)CC1)C1(N=C=O)CC1. The molecule has 0 amide bonds. The second-order valence-corrected chi connectivity index (χ2v) is 5.44. The van der Waals surface area contributed by atoms with E-state index < -0.39 is 0 Å². The molecular weight excluding hydrogens is 256 g/mol. The molecule has 20 heavy (non-hydrogen) atoms. The van der Waals surface area contributed by atoms with Gasteiger partial charge in [0.05, 0.1) is 13.1 Å². The minimum Gasteiger partial charge on any atom is -0.270 e. The molecular formula is C14H18N4O2. The van der Waals surface area contributed by atoms with Gasteiger partial charge in [0.1, 0.15) is 11.3 Å². The quantitative estimate of drug-likeness (QED) is 0.402. The summed E-state index contributed by atoms with van der Waals surface area (Å²) < 4.78 is 0. The lowest BCUT2D eigenvalue weighted by Gasteiger charge is -2.21. The standard InChI is InChI=1S/C14H18N4O2/c1-17(13(5-6-13)15-11-19)9-3-4-10-18(2)14(7-8-14)16-12-20/h5-10H2,1-2H3. The van der Waals surface area contributed by atoms with E-state index in [0.717, 1.165) is 25.7 Å². The lowest BCUT2D eigenvalue weighted by atomic mass is 10.4. The lowest BCUT2D eigenvalue weighted by molar-refractivity contribution is 0.253. The van der Waals surface area contributed by atoms with E-state index in [4.69, 9.17) is 0 Å². The molecule has 2 rings (SSSR count). The molecule has 0 atom stereocenters. The van der Waals surface area contributed by atoms with E-state index in [1.54, 1.807) is 12.2 Å². The number of rotatable bonds is 6. The van der Waals surface area contributed by atoms with Crippen molar-refractivity contribution in [3.05, 3.63) is 0 Å². The van der Waals surface area contributed by atoms with Crippen molar-refractivity contribution in [1.29, 1.82) is 0 Å². The third-order valence-electron chi connectivity index (χ3n) is 4.08. The molecule has 0 aromatic rings. The maximum Gasteiger partial charge on any atom is 0.236 e. The molecule has 106 valence electrons. The molecule has 0 aromatic carbocycles. The van der Waals surface area contributed by atoms with Gasteiger partial charge in [-0.15, -0.1) is 0 Å². The van der Waals surface area contributed by atoms with Crippen molar-refractivity contribution in [2.45, 2.75) is 37.0 Å². The van der Waals surface area contributed by atoms with Crippen LogP contribution in [0.1, 0.15) is 25.7 Å². The second kappa shape index (κ2) is 5.70. The van der Waals surface area contributed by atoms with E-state index in [1.807, 2.05) is 23.9 Å². The second-order valence-electron chi connectivity index (χ2n) is 5.44. The summed E-state index contributed by atoms with van der Waals surface area (Å²) in [5, 5.41) is 0. The van der Waals surface area contributed by atoms with Crippen LogP contribution in [0.5, 0.6) is 0 Å². The highest BCUT2D eigenvalue weighted by molar-refractivity contribution is 5.36. The maximum absolute atomic E-state index is 10.4. The van der Waals surface area contributed by atoms with E-state index >= 15 is 0 Å². The molecule has 0 bridgehead atoms. The third kappa shape index (κ3) is 3.04. The normalized spacial score (nSPS) is 20.4. The minimum atomic E-state index is -0.359. The summed E-state index contributed by atoms with van der Waals surface area (Å²) in [5.74, 6) is 6.13. The smallest absolute Gasteiger partial charge is 0.236 e. The molecule has 2 aliphatic carbocycles. The van der Waals surface area contributed by atoms with Crippen molar-refractivity contribution in [3.8, 4) is 11.8 Å². The summed E-state index contributed by atoms with van der Waals surface area (Å²) in [6, 6.07) is 0. The van der Waals surface area contributed by atoms with Crippen LogP contribution in [0.3, 0.4) is 0 Å². The number of carbonyl (C=O) groups excluding carboxylic acids is 2. The Labute approximate surface area is 118 Å². The highest BCUT2D eigenvalue weighted by Gasteiger charge is 2.47. The minimum absolute atomic E-state index is 0.359. The molecule has 2 saturated carbocycles. The van der Waals surface area contributed by atoms with Gasteiger partial charge in [-0.25, -0.2) is 9.59 Å². The van der Waals surface area contributed by atoms with Crippen LogP contribution in [-0.4, -0.2) is 60.5 Å². The summed E-state index contributed by atoms with van der Waals surface area (Å²) in [6.07, 6.45) is 6.81. The highest BCUT2D eigenvalue weighted by Crippen LogP contribution is 2.42. The molecule has 0 spiro atoms. The fourth-order valence-electron chi connectivity index (χ4n) is 2.19. The third-order valence-corrected chi connectivity index (χ3v) is 4.08. The Morgan fingerprint density at radius 1 is 0.850 bits per heavy atom.